The van der Waals surface area contributed by atoms with Crippen molar-refractivity contribution < 1.29 is 14.6 Å². The minimum atomic E-state index is -0.476. The molecule has 19 heavy (non-hydrogen) atoms. The van der Waals surface area contributed by atoms with E-state index in [-0.39, 0.29) is 0 Å². The number of nitrogens with zero attached hydrogens (tertiary/aromatic N) is 1. The van der Waals surface area contributed by atoms with Gasteiger partial charge >= 0.3 is 0 Å². The summed E-state index contributed by atoms with van der Waals surface area (Å²) in [7, 11) is 0. The molecule has 108 valence electrons. The van der Waals surface area contributed by atoms with Gasteiger partial charge in [-0.1, -0.05) is 6.07 Å². The topological polar surface area (TPSA) is 63.6 Å². The molecule has 1 atom stereocenters. The van der Waals surface area contributed by atoms with Gasteiger partial charge in [0.05, 0.1) is 25.9 Å². The van der Waals surface area contributed by atoms with Crippen molar-refractivity contribution in [3.05, 3.63) is 30.1 Å². The Morgan fingerprint density at radius 3 is 2.95 bits per heavy atom. The van der Waals surface area contributed by atoms with Crippen LogP contribution >= 0.6 is 0 Å². The highest BCUT2D eigenvalue weighted by molar-refractivity contribution is 5.08. The van der Waals surface area contributed by atoms with Gasteiger partial charge in [-0.2, -0.15) is 0 Å². The maximum atomic E-state index is 9.66. The minimum absolute atomic E-state index is 0.340. The third-order valence-electron chi connectivity index (χ3n) is 2.58. The molecule has 5 nitrogen and oxygen atoms in total. The highest BCUT2D eigenvalue weighted by atomic mass is 16.5. The predicted molar refractivity (Wildman–Crippen MR) is 74.1 cm³/mol. The number of ether oxygens (including phenoxy) is 2. The molecule has 0 aliphatic rings. The number of hydrogen-bond donors (Lipinski definition) is 2. The second-order valence-electron chi connectivity index (χ2n) is 4.24. The summed E-state index contributed by atoms with van der Waals surface area (Å²) in [5, 5.41) is 12.9. The van der Waals surface area contributed by atoms with Crippen LogP contribution in [0, 0.1) is 0 Å². The fraction of sp³-hybridized carbons (Fsp3) is 0.643. The maximum Gasteiger partial charge on any atom is 0.0897 e. The summed E-state index contributed by atoms with van der Waals surface area (Å²) in [6.45, 7) is 5.45. The van der Waals surface area contributed by atoms with Gasteiger partial charge in [-0.3, -0.25) is 4.98 Å². The van der Waals surface area contributed by atoms with Crippen LogP contribution in [0.3, 0.4) is 0 Å². The molecule has 0 aromatic carbocycles. The van der Waals surface area contributed by atoms with Crippen molar-refractivity contribution in [3.63, 3.8) is 0 Å². The van der Waals surface area contributed by atoms with Crippen molar-refractivity contribution in [2.24, 2.45) is 0 Å². The van der Waals surface area contributed by atoms with Gasteiger partial charge < -0.3 is 19.9 Å². The molecule has 1 aromatic rings. The summed E-state index contributed by atoms with van der Waals surface area (Å²) in [5.41, 5.74) is 1.19. The minimum Gasteiger partial charge on any atom is -0.389 e. The molecule has 0 aliphatic carbocycles. The normalized spacial score (nSPS) is 12.5. The van der Waals surface area contributed by atoms with Crippen LogP contribution in [0.4, 0.5) is 0 Å². The van der Waals surface area contributed by atoms with Crippen molar-refractivity contribution in [3.8, 4) is 0 Å². The van der Waals surface area contributed by atoms with Gasteiger partial charge in [0, 0.05) is 25.5 Å². The second kappa shape index (κ2) is 10.9. The Labute approximate surface area is 115 Å². The third-order valence-corrected chi connectivity index (χ3v) is 2.58. The molecule has 0 bridgehead atoms. The molecular formula is C14H24N2O3. The Bertz CT molecular complexity index is 309. The summed E-state index contributed by atoms with van der Waals surface area (Å²) in [6, 6.07) is 3.97. The first-order valence-corrected chi connectivity index (χ1v) is 6.76. The fourth-order valence-electron chi connectivity index (χ4n) is 1.59. The first kappa shape index (κ1) is 16.0. The fourth-order valence-corrected chi connectivity index (χ4v) is 1.59. The zero-order chi connectivity index (χ0) is 13.8. The Hall–Kier alpha value is -1.01. The van der Waals surface area contributed by atoms with Crippen molar-refractivity contribution in [2.45, 2.75) is 19.4 Å². The van der Waals surface area contributed by atoms with Crippen LogP contribution in [0.1, 0.15) is 12.5 Å². The quantitative estimate of drug-likeness (QED) is 0.576. The summed E-state index contributed by atoms with van der Waals surface area (Å²) >= 11 is 0. The number of rotatable bonds is 11. The predicted octanol–water partition coefficient (Wildman–Crippen LogP) is 0.628. The molecule has 0 aliphatic heterocycles. The maximum absolute atomic E-state index is 9.66. The lowest BCUT2D eigenvalue weighted by molar-refractivity contribution is 0.00659. The lowest BCUT2D eigenvalue weighted by Gasteiger charge is -2.12. The summed E-state index contributed by atoms with van der Waals surface area (Å²) < 4.78 is 10.4. The van der Waals surface area contributed by atoms with E-state index in [0.717, 1.165) is 13.0 Å². The van der Waals surface area contributed by atoms with Crippen molar-refractivity contribution in [1.82, 2.24) is 10.3 Å². The summed E-state index contributed by atoms with van der Waals surface area (Å²) in [4.78, 5) is 4.05. The Balaban J connectivity index is 1.94. The zero-order valence-corrected chi connectivity index (χ0v) is 11.5. The van der Waals surface area contributed by atoms with E-state index in [1.54, 1.807) is 6.20 Å². The van der Waals surface area contributed by atoms with Crippen LogP contribution in [0.25, 0.3) is 0 Å². The molecule has 0 saturated heterocycles. The Kier molecular flexibility index (Phi) is 9.18. The molecule has 0 spiro atoms. The Morgan fingerprint density at radius 1 is 1.37 bits per heavy atom. The first-order chi connectivity index (χ1) is 9.33. The standard InChI is InChI=1S/C14H24N2O3/c1-2-18-8-9-19-12-14(17)11-16-7-5-13-4-3-6-15-10-13/h3-4,6,10,14,16-17H,2,5,7-9,11-12H2,1H3. The lowest BCUT2D eigenvalue weighted by atomic mass is 10.2. The van der Waals surface area contributed by atoms with Crippen LogP contribution in [0.5, 0.6) is 0 Å². The molecule has 5 heteroatoms. The summed E-state index contributed by atoms with van der Waals surface area (Å²) in [6.07, 6.45) is 4.05. The molecule has 1 aromatic heterocycles. The molecule has 2 N–H and O–H groups in total. The smallest absolute Gasteiger partial charge is 0.0897 e. The van der Waals surface area contributed by atoms with Gasteiger partial charge in [-0.05, 0) is 31.5 Å². The number of aliphatic hydroxyl groups excluding tert-OH is 1. The van der Waals surface area contributed by atoms with Gasteiger partial charge in [-0.25, -0.2) is 0 Å². The van der Waals surface area contributed by atoms with E-state index in [1.165, 1.54) is 5.56 Å². The second-order valence-corrected chi connectivity index (χ2v) is 4.24. The number of pyridine rings is 1. The average Bonchev–Trinajstić information content (AvgIpc) is 2.44. The molecule has 0 amide bonds. The van der Waals surface area contributed by atoms with Gasteiger partial charge in [0.25, 0.3) is 0 Å². The SMILES string of the molecule is CCOCCOCC(O)CNCCc1cccnc1. The van der Waals surface area contributed by atoms with Gasteiger partial charge in [0.15, 0.2) is 0 Å². The number of hydrogen-bond acceptors (Lipinski definition) is 5. The lowest BCUT2D eigenvalue weighted by Crippen LogP contribution is -2.32. The largest absolute Gasteiger partial charge is 0.389 e. The Morgan fingerprint density at radius 2 is 2.21 bits per heavy atom. The van der Waals surface area contributed by atoms with Crippen LogP contribution in [-0.2, 0) is 15.9 Å². The molecule has 1 rings (SSSR count). The average molecular weight is 268 g/mol. The highest BCUT2D eigenvalue weighted by Gasteiger charge is 2.03. The molecule has 1 heterocycles. The van der Waals surface area contributed by atoms with Crippen LogP contribution in [-0.4, -0.2) is 55.7 Å². The van der Waals surface area contributed by atoms with Crippen molar-refractivity contribution >= 4 is 0 Å². The number of aromatic nitrogens is 1. The number of aliphatic hydroxyl groups is 1. The highest BCUT2D eigenvalue weighted by Crippen LogP contribution is 1.95. The van der Waals surface area contributed by atoms with Crippen molar-refractivity contribution in [2.75, 3.05) is 39.5 Å². The molecule has 0 radical (unpaired) electrons. The molecule has 1 unspecified atom stereocenters. The monoisotopic (exact) mass is 268 g/mol. The van der Waals surface area contributed by atoms with E-state index in [1.807, 2.05) is 25.3 Å². The van der Waals surface area contributed by atoms with Crippen LogP contribution < -0.4 is 5.32 Å². The van der Waals surface area contributed by atoms with E-state index in [2.05, 4.69) is 10.3 Å². The number of nitrogens with one attached hydrogen (secondary N) is 1. The zero-order valence-electron chi connectivity index (χ0n) is 11.5. The molecule has 0 saturated carbocycles. The summed E-state index contributed by atoms with van der Waals surface area (Å²) in [5.74, 6) is 0. The van der Waals surface area contributed by atoms with Crippen molar-refractivity contribution in [1.29, 1.82) is 0 Å². The van der Waals surface area contributed by atoms with E-state index >= 15 is 0 Å². The van der Waals surface area contributed by atoms with Gasteiger partial charge in [0.1, 0.15) is 0 Å². The van der Waals surface area contributed by atoms with E-state index in [0.29, 0.717) is 33.0 Å². The van der Waals surface area contributed by atoms with Gasteiger partial charge in [0.2, 0.25) is 0 Å². The van der Waals surface area contributed by atoms with E-state index in [4.69, 9.17) is 9.47 Å². The van der Waals surface area contributed by atoms with E-state index in [9.17, 15) is 5.11 Å². The third kappa shape index (κ3) is 8.67. The van der Waals surface area contributed by atoms with E-state index < -0.39 is 6.10 Å². The van der Waals surface area contributed by atoms with Crippen LogP contribution in [0.15, 0.2) is 24.5 Å². The van der Waals surface area contributed by atoms with Crippen LogP contribution in [0.2, 0.25) is 0 Å². The first-order valence-electron chi connectivity index (χ1n) is 6.76. The molecular weight excluding hydrogens is 244 g/mol. The van der Waals surface area contributed by atoms with Gasteiger partial charge in [-0.15, -0.1) is 0 Å². The molecule has 0 fully saturated rings.